The van der Waals surface area contributed by atoms with Crippen LogP contribution < -0.4 is 4.74 Å². The van der Waals surface area contributed by atoms with Crippen molar-refractivity contribution in [1.82, 2.24) is 9.80 Å². The minimum Gasteiger partial charge on any atom is -0.484 e. The zero-order valence-corrected chi connectivity index (χ0v) is 18.2. The molecular formula is C25H29FN2O3. The van der Waals surface area contributed by atoms with Gasteiger partial charge in [-0.05, 0) is 56.6 Å². The van der Waals surface area contributed by atoms with E-state index in [0.29, 0.717) is 38.2 Å². The highest BCUT2D eigenvalue weighted by atomic mass is 19.1. The molecule has 4 rings (SSSR count). The van der Waals surface area contributed by atoms with Gasteiger partial charge in [0.2, 0.25) is 5.91 Å². The van der Waals surface area contributed by atoms with Crippen LogP contribution in [0, 0.1) is 12.7 Å². The maximum Gasteiger partial charge on any atom is 0.219 e. The largest absolute Gasteiger partial charge is 0.484 e. The molecule has 0 bridgehead atoms. The second kappa shape index (κ2) is 8.79. The first-order valence-electron chi connectivity index (χ1n) is 10.9. The van der Waals surface area contributed by atoms with Crippen LogP contribution in [0.1, 0.15) is 47.7 Å². The first kappa shape index (κ1) is 21.5. The highest BCUT2D eigenvalue weighted by Crippen LogP contribution is 2.35. The topological polar surface area (TPSA) is 49.9 Å². The van der Waals surface area contributed by atoms with Gasteiger partial charge in [-0.3, -0.25) is 14.5 Å². The van der Waals surface area contributed by atoms with Gasteiger partial charge in [0, 0.05) is 44.1 Å². The average Bonchev–Trinajstić information content (AvgIpc) is 2.89. The Bertz CT molecular complexity index is 975. The predicted molar refractivity (Wildman–Crippen MR) is 117 cm³/mol. The fourth-order valence-electron chi connectivity index (χ4n) is 4.66. The number of likely N-dealkylation sites (tertiary alicyclic amines) is 1. The number of carbonyl (C=O) groups excluding carboxylic acids is 2. The standard InChI is InChI=1S/C25H29FN2O3/c1-18-4-9-24-21(14-18)15-28(19(2)29)17-25(31-24)11-3-12-27(16-25)13-10-23(30)20-5-7-22(26)8-6-20/h4-9,14H,3,10-13,15-17H2,1-2H3. The number of carbonyl (C=O) groups is 2. The molecule has 1 saturated heterocycles. The minimum absolute atomic E-state index is 0.00703. The number of hydrogen-bond donors (Lipinski definition) is 0. The van der Waals surface area contributed by atoms with Crippen molar-refractivity contribution in [2.75, 3.05) is 26.2 Å². The summed E-state index contributed by atoms with van der Waals surface area (Å²) in [6.45, 7) is 6.91. The molecule has 31 heavy (non-hydrogen) atoms. The number of piperidine rings is 1. The number of Topliss-reactive ketones (excluding diaryl/α,β-unsaturated/α-hetero) is 1. The fraction of sp³-hybridized carbons (Fsp3) is 0.440. The molecule has 164 valence electrons. The van der Waals surface area contributed by atoms with Crippen LogP contribution in [-0.4, -0.2) is 53.3 Å². The molecule has 0 radical (unpaired) electrons. The zero-order valence-electron chi connectivity index (χ0n) is 18.2. The molecular weight excluding hydrogens is 395 g/mol. The molecule has 2 aromatic rings. The Morgan fingerprint density at radius 3 is 2.65 bits per heavy atom. The molecule has 1 unspecified atom stereocenters. The lowest BCUT2D eigenvalue weighted by molar-refractivity contribution is -0.133. The highest BCUT2D eigenvalue weighted by Gasteiger charge is 2.42. The van der Waals surface area contributed by atoms with Crippen molar-refractivity contribution in [2.24, 2.45) is 0 Å². The molecule has 2 aliphatic heterocycles. The van der Waals surface area contributed by atoms with Crippen molar-refractivity contribution in [3.8, 4) is 5.75 Å². The number of fused-ring (bicyclic) bond motifs is 1. The molecule has 2 aromatic carbocycles. The second-order valence-corrected chi connectivity index (χ2v) is 8.83. The average molecular weight is 425 g/mol. The molecule has 1 amide bonds. The number of ether oxygens (including phenoxy) is 1. The fourth-order valence-corrected chi connectivity index (χ4v) is 4.66. The Morgan fingerprint density at radius 1 is 1.13 bits per heavy atom. The minimum atomic E-state index is -0.483. The number of nitrogens with zero attached hydrogens (tertiary/aromatic N) is 2. The van der Waals surface area contributed by atoms with Crippen LogP contribution in [0.15, 0.2) is 42.5 Å². The van der Waals surface area contributed by atoms with E-state index in [9.17, 15) is 14.0 Å². The van der Waals surface area contributed by atoms with Crippen LogP contribution in [-0.2, 0) is 11.3 Å². The van der Waals surface area contributed by atoms with Gasteiger partial charge in [0.15, 0.2) is 5.78 Å². The van der Waals surface area contributed by atoms with Crippen molar-refractivity contribution in [3.05, 3.63) is 65.0 Å². The lowest BCUT2D eigenvalue weighted by Crippen LogP contribution is -2.57. The van der Waals surface area contributed by atoms with Crippen molar-refractivity contribution < 1.29 is 18.7 Å². The summed E-state index contributed by atoms with van der Waals surface area (Å²) < 4.78 is 19.7. The third kappa shape index (κ3) is 4.96. The Labute approximate surface area is 182 Å². The van der Waals surface area contributed by atoms with Crippen LogP contribution >= 0.6 is 0 Å². The lowest BCUT2D eigenvalue weighted by Gasteiger charge is -2.43. The summed E-state index contributed by atoms with van der Waals surface area (Å²) in [6.07, 6.45) is 2.18. The number of halogens is 1. The number of aryl methyl sites for hydroxylation is 1. The molecule has 1 spiro atoms. The van der Waals surface area contributed by atoms with Gasteiger partial charge in [-0.15, -0.1) is 0 Å². The monoisotopic (exact) mass is 424 g/mol. The SMILES string of the molecule is CC(=O)N1Cc2cc(C)ccc2OC2(CCCN(CCC(=O)c3ccc(F)cc3)C2)C1. The van der Waals surface area contributed by atoms with Gasteiger partial charge >= 0.3 is 0 Å². The molecule has 5 nitrogen and oxygen atoms in total. The van der Waals surface area contributed by atoms with Crippen molar-refractivity contribution in [1.29, 1.82) is 0 Å². The zero-order chi connectivity index (χ0) is 22.0. The van der Waals surface area contributed by atoms with Gasteiger partial charge in [-0.2, -0.15) is 0 Å². The van der Waals surface area contributed by atoms with E-state index in [-0.39, 0.29) is 17.5 Å². The van der Waals surface area contributed by atoms with E-state index in [2.05, 4.69) is 11.0 Å². The summed E-state index contributed by atoms with van der Waals surface area (Å²) in [7, 11) is 0. The molecule has 0 aromatic heterocycles. The van der Waals surface area contributed by atoms with E-state index in [1.54, 1.807) is 6.92 Å². The third-order valence-corrected chi connectivity index (χ3v) is 6.27. The molecule has 1 atom stereocenters. The van der Waals surface area contributed by atoms with E-state index < -0.39 is 5.60 Å². The van der Waals surface area contributed by atoms with Crippen LogP contribution in [0.3, 0.4) is 0 Å². The predicted octanol–water partition coefficient (Wildman–Crippen LogP) is 3.98. The van der Waals surface area contributed by atoms with Gasteiger partial charge in [-0.25, -0.2) is 4.39 Å². The molecule has 0 saturated carbocycles. The molecule has 2 heterocycles. The van der Waals surface area contributed by atoms with Crippen LogP contribution in [0.4, 0.5) is 4.39 Å². The van der Waals surface area contributed by atoms with Gasteiger partial charge in [0.05, 0.1) is 6.54 Å². The smallest absolute Gasteiger partial charge is 0.219 e. The van der Waals surface area contributed by atoms with Gasteiger partial charge < -0.3 is 9.64 Å². The molecule has 2 aliphatic rings. The Hall–Kier alpha value is -2.73. The van der Waals surface area contributed by atoms with Crippen molar-refractivity contribution in [2.45, 2.75) is 45.3 Å². The van der Waals surface area contributed by atoms with Gasteiger partial charge in [-0.1, -0.05) is 17.7 Å². The second-order valence-electron chi connectivity index (χ2n) is 8.83. The summed E-state index contributed by atoms with van der Waals surface area (Å²) in [6, 6.07) is 11.8. The third-order valence-electron chi connectivity index (χ3n) is 6.27. The van der Waals surface area contributed by atoms with E-state index in [0.717, 1.165) is 36.3 Å². The number of hydrogen-bond acceptors (Lipinski definition) is 4. The Kier molecular flexibility index (Phi) is 6.10. The lowest BCUT2D eigenvalue weighted by atomic mass is 9.91. The first-order valence-corrected chi connectivity index (χ1v) is 10.9. The number of rotatable bonds is 4. The molecule has 1 fully saturated rings. The Balaban J connectivity index is 1.48. The van der Waals surface area contributed by atoms with Crippen molar-refractivity contribution in [3.63, 3.8) is 0 Å². The number of amides is 1. The molecule has 0 aliphatic carbocycles. The molecule has 6 heteroatoms. The summed E-state index contributed by atoms with van der Waals surface area (Å²) in [5, 5.41) is 0. The first-order chi connectivity index (χ1) is 14.8. The van der Waals surface area contributed by atoms with Gasteiger partial charge in [0.25, 0.3) is 0 Å². The van der Waals surface area contributed by atoms with Crippen LogP contribution in [0.25, 0.3) is 0 Å². The normalized spacial score (nSPS) is 21.3. The Morgan fingerprint density at radius 2 is 1.90 bits per heavy atom. The quantitative estimate of drug-likeness (QED) is 0.697. The van der Waals surface area contributed by atoms with E-state index in [4.69, 9.17) is 4.74 Å². The summed E-state index contributed by atoms with van der Waals surface area (Å²) >= 11 is 0. The van der Waals surface area contributed by atoms with Crippen molar-refractivity contribution >= 4 is 11.7 Å². The highest BCUT2D eigenvalue weighted by molar-refractivity contribution is 5.96. The maximum atomic E-state index is 13.1. The van der Waals surface area contributed by atoms with Gasteiger partial charge in [0.1, 0.15) is 17.2 Å². The van der Waals surface area contributed by atoms with E-state index in [1.165, 1.54) is 24.3 Å². The van der Waals surface area contributed by atoms with Crippen LogP contribution in [0.2, 0.25) is 0 Å². The number of benzene rings is 2. The number of ketones is 1. The summed E-state index contributed by atoms with van der Waals surface area (Å²) in [5.74, 6) is 0.553. The summed E-state index contributed by atoms with van der Waals surface area (Å²) in [4.78, 5) is 29.0. The summed E-state index contributed by atoms with van der Waals surface area (Å²) in [5.41, 5.74) is 2.23. The van der Waals surface area contributed by atoms with Crippen LogP contribution in [0.5, 0.6) is 5.75 Å². The maximum absolute atomic E-state index is 13.1. The van der Waals surface area contributed by atoms with E-state index in [1.807, 2.05) is 24.0 Å². The molecule has 0 N–H and O–H groups in total. The van der Waals surface area contributed by atoms with E-state index >= 15 is 0 Å².